The van der Waals surface area contributed by atoms with Crippen LogP contribution in [0, 0.1) is 12.8 Å². The Balaban J connectivity index is 2.95. The van der Waals surface area contributed by atoms with Crippen molar-refractivity contribution in [1.29, 1.82) is 0 Å². The van der Waals surface area contributed by atoms with Gasteiger partial charge in [-0.15, -0.1) is 0 Å². The van der Waals surface area contributed by atoms with Gasteiger partial charge in [0.2, 0.25) is 15.9 Å². The summed E-state index contributed by atoms with van der Waals surface area (Å²) >= 11 is 0. The molecule has 0 saturated heterocycles. The maximum atomic E-state index is 12.4. The summed E-state index contributed by atoms with van der Waals surface area (Å²) in [7, 11) is -3.70. The number of hydrogen-bond acceptors (Lipinski definition) is 3. The van der Waals surface area contributed by atoms with Crippen LogP contribution in [0.3, 0.4) is 0 Å². The largest absolute Gasteiger partial charge is 0.355 e. The first-order chi connectivity index (χ1) is 9.76. The van der Waals surface area contributed by atoms with Gasteiger partial charge in [0.1, 0.15) is 6.04 Å². The number of carbonyl (C=O) groups is 1. The Labute approximate surface area is 127 Å². The van der Waals surface area contributed by atoms with Crippen molar-refractivity contribution in [3.63, 3.8) is 0 Å². The number of benzene rings is 1. The minimum absolute atomic E-state index is 0.172. The summed E-state index contributed by atoms with van der Waals surface area (Å²) in [5, 5.41) is 2.67. The van der Waals surface area contributed by atoms with Crippen molar-refractivity contribution >= 4 is 15.9 Å². The van der Waals surface area contributed by atoms with Gasteiger partial charge in [-0.2, -0.15) is 4.72 Å². The third kappa shape index (κ3) is 5.47. The Morgan fingerprint density at radius 1 is 1.19 bits per heavy atom. The van der Waals surface area contributed by atoms with Gasteiger partial charge in [0, 0.05) is 6.54 Å². The quantitative estimate of drug-likeness (QED) is 0.806. The number of aryl methyl sites for hydroxylation is 1. The maximum absolute atomic E-state index is 12.4. The van der Waals surface area contributed by atoms with E-state index in [1.165, 1.54) is 0 Å². The average molecular weight is 312 g/mol. The molecule has 0 aromatic heterocycles. The highest BCUT2D eigenvalue weighted by molar-refractivity contribution is 7.89. The maximum Gasteiger partial charge on any atom is 0.241 e. The highest BCUT2D eigenvalue weighted by atomic mass is 32.2. The Bertz CT molecular complexity index is 565. The zero-order valence-electron chi connectivity index (χ0n) is 13.0. The van der Waals surface area contributed by atoms with Gasteiger partial charge in [0.15, 0.2) is 0 Å². The Kier molecular flexibility index (Phi) is 6.36. The summed E-state index contributed by atoms with van der Waals surface area (Å²) in [6, 6.07) is 5.80. The summed E-state index contributed by atoms with van der Waals surface area (Å²) in [5.74, 6) is -0.0831. The predicted molar refractivity (Wildman–Crippen MR) is 83.4 cm³/mol. The van der Waals surface area contributed by atoms with Crippen LogP contribution in [0.4, 0.5) is 0 Å². The summed E-state index contributed by atoms with van der Waals surface area (Å²) < 4.78 is 27.2. The molecule has 1 rings (SSSR count). The van der Waals surface area contributed by atoms with Crippen molar-refractivity contribution in [1.82, 2.24) is 10.0 Å². The summed E-state index contributed by atoms with van der Waals surface area (Å²) in [5.41, 5.74) is 0.983. The lowest BCUT2D eigenvalue weighted by Crippen LogP contribution is -2.47. The zero-order chi connectivity index (χ0) is 16.0. The van der Waals surface area contributed by atoms with Crippen LogP contribution in [0.5, 0.6) is 0 Å². The van der Waals surface area contributed by atoms with E-state index in [0.717, 1.165) is 5.56 Å². The van der Waals surface area contributed by atoms with Gasteiger partial charge in [-0.05, 0) is 38.3 Å². The van der Waals surface area contributed by atoms with Gasteiger partial charge >= 0.3 is 0 Å². The first kappa shape index (κ1) is 17.7. The van der Waals surface area contributed by atoms with Crippen LogP contribution < -0.4 is 10.0 Å². The van der Waals surface area contributed by atoms with E-state index in [2.05, 4.69) is 10.0 Å². The SMILES string of the molecule is CCNC(=O)C(CC(C)C)NS(=O)(=O)c1ccc(C)cc1. The predicted octanol–water partition coefficient (Wildman–Crippen LogP) is 1.82. The van der Waals surface area contributed by atoms with Crippen LogP contribution >= 0.6 is 0 Å². The zero-order valence-corrected chi connectivity index (χ0v) is 13.8. The molecule has 0 aliphatic rings. The fraction of sp³-hybridized carbons (Fsp3) is 0.533. The number of sulfonamides is 1. The summed E-state index contributed by atoms with van der Waals surface area (Å²) in [4.78, 5) is 12.2. The van der Waals surface area contributed by atoms with Crippen molar-refractivity contribution in [3.8, 4) is 0 Å². The van der Waals surface area contributed by atoms with Crippen LogP contribution in [0.15, 0.2) is 29.2 Å². The van der Waals surface area contributed by atoms with E-state index in [9.17, 15) is 13.2 Å². The number of hydrogen-bond donors (Lipinski definition) is 2. The molecule has 1 unspecified atom stereocenters. The molecule has 118 valence electrons. The second-order valence-corrected chi connectivity index (χ2v) is 7.23. The molecular formula is C15H24N2O3S. The number of likely N-dealkylation sites (N-methyl/N-ethyl adjacent to an activating group) is 1. The molecule has 21 heavy (non-hydrogen) atoms. The van der Waals surface area contributed by atoms with Crippen molar-refractivity contribution in [2.45, 2.75) is 45.1 Å². The number of nitrogens with one attached hydrogen (secondary N) is 2. The van der Waals surface area contributed by atoms with Gasteiger partial charge < -0.3 is 5.32 Å². The molecule has 0 fully saturated rings. The van der Waals surface area contributed by atoms with E-state index in [1.807, 2.05) is 20.8 Å². The fourth-order valence-electron chi connectivity index (χ4n) is 1.95. The number of amides is 1. The van der Waals surface area contributed by atoms with Gasteiger partial charge in [0.05, 0.1) is 4.90 Å². The van der Waals surface area contributed by atoms with Gasteiger partial charge in [0.25, 0.3) is 0 Å². The average Bonchev–Trinajstić information content (AvgIpc) is 2.38. The molecule has 5 nitrogen and oxygen atoms in total. The second-order valence-electron chi connectivity index (χ2n) is 5.51. The highest BCUT2D eigenvalue weighted by Crippen LogP contribution is 2.13. The molecular weight excluding hydrogens is 288 g/mol. The van der Waals surface area contributed by atoms with Gasteiger partial charge in [-0.3, -0.25) is 4.79 Å². The molecule has 1 aromatic rings. The molecule has 0 aliphatic carbocycles. The standard InChI is InChI=1S/C15H24N2O3S/c1-5-16-15(18)14(10-11(2)3)17-21(19,20)13-8-6-12(4)7-9-13/h6-9,11,14,17H,5,10H2,1-4H3,(H,16,18). The van der Waals surface area contributed by atoms with E-state index < -0.39 is 16.1 Å². The second kappa shape index (κ2) is 7.56. The molecule has 0 aliphatic heterocycles. The van der Waals surface area contributed by atoms with Crippen LogP contribution in [0.25, 0.3) is 0 Å². The number of carbonyl (C=O) groups excluding carboxylic acids is 1. The lowest BCUT2D eigenvalue weighted by atomic mass is 10.0. The minimum atomic E-state index is -3.70. The van der Waals surface area contributed by atoms with Crippen molar-refractivity contribution in [2.75, 3.05) is 6.54 Å². The molecule has 0 radical (unpaired) electrons. The van der Waals surface area contributed by atoms with E-state index in [4.69, 9.17) is 0 Å². The topological polar surface area (TPSA) is 75.3 Å². The molecule has 0 saturated carbocycles. The Hall–Kier alpha value is -1.40. The number of rotatable bonds is 7. The third-order valence-corrected chi connectivity index (χ3v) is 4.49. The molecule has 0 heterocycles. The molecule has 1 amide bonds. The van der Waals surface area contributed by atoms with Crippen molar-refractivity contribution in [3.05, 3.63) is 29.8 Å². The first-order valence-corrected chi connectivity index (χ1v) is 8.61. The highest BCUT2D eigenvalue weighted by Gasteiger charge is 2.25. The van der Waals surface area contributed by atoms with E-state index in [-0.39, 0.29) is 16.7 Å². The van der Waals surface area contributed by atoms with Gasteiger partial charge in [-0.1, -0.05) is 31.5 Å². The van der Waals surface area contributed by atoms with Crippen LogP contribution in [-0.2, 0) is 14.8 Å². The van der Waals surface area contributed by atoms with E-state index in [0.29, 0.717) is 13.0 Å². The minimum Gasteiger partial charge on any atom is -0.355 e. The lowest BCUT2D eigenvalue weighted by Gasteiger charge is -2.19. The molecule has 0 bridgehead atoms. The normalized spacial score (nSPS) is 13.2. The molecule has 1 aromatic carbocycles. The monoisotopic (exact) mass is 312 g/mol. The Morgan fingerprint density at radius 3 is 2.24 bits per heavy atom. The Morgan fingerprint density at radius 2 is 1.76 bits per heavy atom. The van der Waals surface area contributed by atoms with Crippen LogP contribution in [0.2, 0.25) is 0 Å². The molecule has 1 atom stereocenters. The molecule has 6 heteroatoms. The third-order valence-electron chi connectivity index (χ3n) is 3.00. The van der Waals surface area contributed by atoms with E-state index in [1.54, 1.807) is 31.2 Å². The fourth-order valence-corrected chi connectivity index (χ4v) is 3.16. The van der Waals surface area contributed by atoms with Crippen LogP contribution in [-0.4, -0.2) is 26.9 Å². The molecule has 2 N–H and O–H groups in total. The lowest BCUT2D eigenvalue weighted by molar-refractivity contribution is -0.122. The smallest absolute Gasteiger partial charge is 0.241 e. The van der Waals surface area contributed by atoms with Crippen molar-refractivity contribution < 1.29 is 13.2 Å². The van der Waals surface area contributed by atoms with Crippen molar-refractivity contribution in [2.24, 2.45) is 5.92 Å². The van der Waals surface area contributed by atoms with Crippen LogP contribution in [0.1, 0.15) is 32.8 Å². The van der Waals surface area contributed by atoms with E-state index >= 15 is 0 Å². The summed E-state index contributed by atoms with van der Waals surface area (Å²) in [6.07, 6.45) is 0.455. The summed E-state index contributed by atoms with van der Waals surface area (Å²) in [6.45, 7) is 8.07. The molecule has 0 spiro atoms. The van der Waals surface area contributed by atoms with Gasteiger partial charge in [-0.25, -0.2) is 8.42 Å². The first-order valence-electron chi connectivity index (χ1n) is 7.13.